The molecule has 1 heterocycles. The number of carbonyl (C=O) groups excluding carboxylic acids is 2. The fourth-order valence-corrected chi connectivity index (χ4v) is 5.31. The number of hydrogen-bond acceptors (Lipinski definition) is 5. The van der Waals surface area contributed by atoms with Crippen LogP contribution in [0.2, 0.25) is 0 Å². The Morgan fingerprint density at radius 1 is 1.13 bits per heavy atom. The summed E-state index contributed by atoms with van der Waals surface area (Å²) in [5.74, 6) is -1.09. The highest BCUT2D eigenvalue weighted by Crippen LogP contribution is 2.22. The molecule has 8 heteroatoms. The van der Waals surface area contributed by atoms with Gasteiger partial charge in [0.1, 0.15) is 0 Å². The lowest BCUT2D eigenvalue weighted by molar-refractivity contribution is -0.120. The number of methoxy groups -OCH3 is 1. The van der Waals surface area contributed by atoms with Gasteiger partial charge < -0.3 is 10.1 Å². The molecule has 1 aliphatic heterocycles. The Hall–Kier alpha value is -2.71. The summed E-state index contributed by atoms with van der Waals surface area (Å²) in [5, 5.41) is 2.80. The van der Waals surface area contributed by atoms with Gasteiger partial charge in [-0.05, 0) is 49.4 Å². The molecule has 0 aliphatic carbocycles. The van der Waals surface area contributed by atoms with Crippen LogP contribution in [0.3, 0.4) is 0 Å². The van der Waals surface area contributed by atoms with Crippen molar-refractivity contribution in [2.75, 3.05) is 31.3 Å². The third-order valence-corrected chi connectivity index (χ3v) is 7.33. The molecular formula is C23H28N2O5S. The number of hydrogen-bond donors (Lipinski definition) is 1. The van der Waals surface area contributed by atoms with E-state index in [1.54, 1.807) is 24.3 Å². The van der Waals surface area contributed by atoms with Crippen LogP contribution in [0.5, 0.6) is 0 Å². The third kappa shape index (κ3) is 6.38. The summed E-state index contributed by atoms with van der Waals surface area (Å²) in [6.07, 6.45) is 2.51. The summed E-state index contributed by atoms with van der Waals surface area (Å²) < 4.78 is 31.7. The van der Waals surface area contributed by atoms with E-state index in [1.807, 2.05) is 30.3 Å². The number of nitrogens with zero attached hydrogens (tertiary/aromatic N) is 1. The molecule has 2 aromatic rings. The van der Waals surface area contributed by atoms with Crippen LogP contribution in [-0.4, -0.2) is 50.6 Å². The van der Waals surface area contributed by atoms with Crippen LogP contribution in [0, 0.1) is 5.92 Å². The van der Waals surface area contributed by atoms with Gasteiger partial charge in [0.15, 0.2) is 0 Å². The van der Waals surface area contributed by atoms with Gasteiger partial charge in [0.2, 0.25) is 15.9 Å². The van der Waals surface area contributed by atoms with Gasteiger partial charge in [-0.3, -0.25) is 4.79 Å². The van der Waals surface area contributed by atoms with Gasteiger partial charge in [-0.25, -0.2) is 17.5 Å². The topological polar surface area (TPSA) is 92.8 Å². The summed E-state index contributed by atoms with van der Waals surface area (Å²) in [7, 11) is -2.13. The number of nitrogens with one attached hydrogen (secondary N) is 1. The molecule has 1 saturated heterocycles. The summed E-state index contributed by atoms with van der Waals surface area (Å²) in [5.41, 5.74) is 1.94. The summed E-state index contributed by atoms with van der Waals surface area (Å²) >= 11 is 0. The minimum absolute atomic E-state index is 0.0669. The maximum absolute atomic E-state index is 12.8. The van der Waals surface area contributed by atoms with Crippen LogP contribution >= 0.6 is 0 Å². The predicted octanol–water partition coefficient (Wildman–Crippen LogP) is 3.09. The van der Waals surface area contributed by atoms with Crippen molar-refractivity contribution < 1.29 is 22.7 Å². The molecule has 1 aliphatic rings. The first kappa shape index (κ1) is 23.0. The molecular weight excluding hydrogens is 416 g/mol. The molecule has 3 rings (SSSR count). The molecule has 0 unspecified atom stereocenters. The number of sulfonamides is 1. The molecule has 7 nitrogen and oxygen atoms in total. The number of anilines is 1. The molecule has 1 atom stereocenters. The zero-order valence-corrected chi connectivity index (χ0v) is 18.4. The van der Waals surface area contributed by atoms with E-state index in [0.29, 0.717) is 43.5 Å². The van der Waals surface area contributed by atoms with E-state index < -0.39 is 21.9 Å². The average molecular weight is 445 g/mol. The maximum atomic E-state index is 12.8. The Labute approximate surface area is 183 Å². The van der Waals surface area contributed by atoms with Crippen LogP contribution < -0.4 is 5.32 Å². The summed E-state index contributed by atoms with van der Waals surface area (Å²) in [6, 6.07) is 16.3. The number of rotatable bonds is 8. The largest absolute Gasteiger partial charge is 0.465 e. The highest BCUT2D eigenvalue weighted by atomic mass is 32.2. The van der Waals surface area contributed by atoms with Crippen molar-refractivity contribution in [2.45, 2.75) is 25.7 Å². The Morgan fingerprint density at radius 2 is 1.90 bits per heavy atom. The molecule has 0 saturated carbocycles. The average Bonchev–Trinajstić information content (AvgIpc) is 2.79. The standard InChI is InChI=1S/C23H28N2O5S/c1-30-23(27)19-11-5-13-21(16-19)24-22(26)20-12-6-14-25(17-20)31(28,29)15-7-10-18-8-3-2-4-9-18/h2-5,8-9,11,13,16,20H,6-7,10,12,14-15,17H2,1H3,(H,24,26)/t20-/m1/s1. The van der Waals surface area contributed by atoms with Crippen molar-refractivity contribution in [3.8, 4) is 0 Å². The van der Waals surface area contributed by atoms with Gasteiger partial charge in [-0.15, -0.1) is 0 Å². The SMILES string of the molecule is COC(=O)c1cccc(NC(=O)[C@@H]2CCCN(S(=O)(=O)CCCc3ccccc3)C2)c1. The molecule has 166 valence electrons. The van der Waals surface area contributed by atoms with Gasteiger partial charge in [-0.2, -0.15) is 0 Å². The molecule has 31 heavy (non-hydrogen) atoms. The van der Waals surface area contributed by atoms with E-state index in [2.05, 4.69) is 5.32 Å². The normalized spacial score (nSPS) is 17.1. The first-order valence-electron chi connectivity index (χ1n) is 10.4. The zero-order chi connectivity index (χ0) is 22.3. The van der Waals surface area contributed by atoms with E-state index in [1.165, 1.54) is 11.4 Å². The van der Waals surface area contributed by atoms with Crippen LogP contribution in [-0.2, 0) is 26.0 Å². The second-order valence-electron chi connectivity index (χ2n) is 7.66. The molecule has 1 N–H and O–H groups in total. The molecule has 0 spiro atoms. The first-order chi connectivity index (χ1) is 14.9. The van der Waals surface area contributed by atoms with E-state index in [0.717, 1.165) is 5.56 Å². The lowest BCUT2D eigenvalue weighted by Crippen LogP contribution is -2.44. The van der Waals surface area contributed by atoms with Crippen molar-refractivity contribution in [2.24, 2.45) is 5.92 Å². The van der Waals surface area contributed by atoms with Gasteiger partial charge in [0.05, 0.1) is 24.3 Å². The van der Waals surface area contributed by atoms with E-state index >= 15 is 0 Å². The van der Waals surface area contributed by atoms with E-state index in [4.69, 9.17) is 4.74 Å². The van der Waals surface area contributed by atoms with Gasteiger partial charge in [-0.1, -0.05) is 36.4 Å². The number of amides is 1. The second-order valence-corrected chi connectivity index (χ2v) is 9.75. The lowest BCUT2D eigenvalue weighted by Gasteiger charge is -2.31. The number of piperidine rings is 1. The molecule has 0 radical (unpaired) electrons. The number of aryl methyl sites for hydroxylation is 1. The van der Waals surface area contributed by atoms with Crippen LogP contribution in [0.15, 0.2) is 54.6 Å². The fraction of sp³-hybridized carbons (Fsp3) is 0.391. The Kier molecular flexibility index (Phi) is 7.81. The van der Waals surface area contributed by atoms with E-state index in [9.17, 15) is 18.0 Å². The Bertz CT molecular complexity index is 1010. The molecule has 1 fully saturated rings. The minimum Gasteiger partial charge on any atom is -0.465 e. The first-order valence-corrected chi connectivity index (χ1v) is 12.0. The predicted molar refractivity (Wildman–Crippen MR) is 119 cm³/mol. The number of ether oxygens (including phenoxy) is 1. The van der Waals surface area contributed by atoms with E-state index in [-0.39, 0.29) is 18.2 Å². The van der Waals surface area contributed by atoms with Gasteiger partial charge >= 0.3 is 5.97 Å². The van der Waals surface area contributed by atoms with Gasteiger partial charge in [0.25, 0.3) is 0 Å². The fourth-order valence-electron chi connectivity index (χ4n) is 3.73. The molecule has 2 aromatic carbocycles. The summed E-state index contributed by atoms with van der Waals surface area (Å²) in [4.78, 5) is 24.4. The molecule has 0 bridgehead atoms. The van der Waals surface area contributed by atoms with Crippen molar-refractivity contribution in [1.82, 2.24) is 4.31 Å². The molecule has 0 aromatic heterocycles. The van der Waals surface area contributed by atoms with Crippen LogP contribution in [0.4, 0.5) is 5.69 Å². The third-order valence-electron chi connectivity index (χ3n) is 5.41. The minimum atomic E-state index is -3.42. The second kappa shape index (κ2) is 10.5. The lowest BCUT2D eigenvalue weighted by atomic mass is 9.98. The maximum Gasteiger partial charge on any atom is 0.337 e. The van der Waals surface area contributed by atoms with Crippen molar-refractivity contribution >= 4 is 27.6 Å². The number of esters is 1. The Morgan fingerprint density at radius 3 is 2.65 bits per heavy atom. The van der Waals surface area contributed by atoms with Crippen LogP contribution in [0.25, 0.3) is 0 Å². The highest BCUT2D eigenvalue weighted by Gasteiger charge is 2.32. The smallest absolute Gasteiger partial charge is 0.337 e. The molecule has 1 amide bonds. The van der Waals surface area contributed by atoms with Crippen molar-refractivity contribution in [3.63, 3.8) is 0 Å². The summed E-state index contributed by atoms with van der Waals surface area (Å²) in [6.45, 7) is 0.617. The monoisotopic (exact) mass is 444 g/mol. The highest BCUT2D eigenvalue weighted by molar-refractivity contribution is 7.89. The van der Waals surface area contributed by atoms with Gasteiger partial charge in [0, 0.05) is 18.8 Å². The van der Waals surface area contributed by atoms with Crippen LogP contribution in [0.1, 0.15) is 35.2 Å². The number of carbonyl (C=O) groups is 2. The van der Waals surface area contributed by atoms with Crippen molar-refractivity contribution in [3.05, 3.63) is 65.7 Å². The quantitative estimate of drug-likeness (QED) is 0.632. The van der Waals surface area contributed by atoms with Crippen molar-refractivity contribution in [1.29, 1.82) is 0 Å². The number of benzene rings is 2. The zero-order valence-electron chi connectivity index (χ0n) is 17.6. The Balaban J connectivity index is 1.56.